The Hall–Kier alpha value is -1.62. The van der Waals surface area contributed by atoms with E-state index in [0.717, 1.165) is 18.1 Å². The number of rotatable bonds is 4. The van der Waals surface area contributed by atoms with Gasteiger partial charge in [0, 0.05) is 19.8 Å². The Labute approximate surface area is 108 Å². The predicted octanol–water partition coefficient (Wildman–Crippen LogP) is 1.46. The second kappa shape index (κ2) is 4.57. The van der Waals surface area contributed by atoms with Crippen LogP contribution in [0.15, 0.2) is 18.3 Å². The van der Waals surface area contributed by atoms with Gasteiger partial charge < -0.3 is 10.6 Å². The van der Waals surface area contributed by atoms with Crippen LogP contribution in [0.5, 0.6) is 0 Å². The van der Waals surface area contributed by atoms with Gasteiger partial charge in [0.2, 0.25) is 5.95 Å². The van der Waals surface area contributed by atoms with E-state index in [2.05, 4.69) is 28.8 Å². The minimum atomic E-state index is 0.0577. The highest BCUT2D eigenvalue weighted by Gasteiger charge is 2.20. The largest absolute Gasteiger partial charge is 0.342 e. The zero-order chi connectivity index (χ0) is 13.3. The van der Waals surface area contributed by atoms with Gasteiger partial charge in [0.05, 0.1) is 0 Å². The maximum absolute atomic E-state index is 5.75. The first-order valence-electron chi connectivity index (χ1n) is 6.15. The number of aromatic nitrogens is 3. The smallest absolute Gasteiger partial charge is 0.245 e. The van der Waals surface area contributed by atoms with Crippen molar-refractivity contribution in [2.24, 2.45) is 11.1 Å². The molecule has 5 nitrogen and oxygen atoms in total. The summed E-state index contributed by atoms with van der Waals surface area (Å²) in [4.78, 5) is 6.56. The molecule has 0 radical (unpaired) electrons. The molecule has 0 aliphatic heterocycles. The number of nitrogens with zero attached hydrogens (tertiary/aromatic N) is 4. The molecule has 0 unspecified atom stereocenters. The molecule has 0 amide bonds. The lowest BCUT2D eigenvalue weighted by atomic mass is 9.93. The van der Waals surface area contributed by atoms with E-state index in [4.69, 9.17) is 5.73 Å². The van der Waals surface area contributed by atoms with E-state index in [0.29, 0.717) is 6.54 Å². The third-order valence-electron chi connectivity index (χ3n) is 3.03. The fourth-order valence-electron chi connectivity index (χ4n) is 1.91. The van der Waals surface area contributed by atoms with Gasteiger partial charge in [0.1, 0.15) is 0 Å². The molecule has 0 aliphatic carbocycles. The molecule has 2 N–H and O–H groups in total. The first kappa shape index (κ1) is 12.8. The van der Waals surface area contributed by atoms with E-state index in [1.54, 1.807) is 0 Å². The highest BCUT2D eigenvalue weighted by Crippen LogP contribution is 2.18. The molecule has 0 spiro atoms. The second-order valence-corrected chi connectivity index (χ2v) is 5.65. The summed E-state index contributed by atoms with van der Waals surface area (Å²) >= 11 is 0. The van der Waals surface area contributed by atoms with Crippen LogP contribution >= 0.6 is 0 Å². The van der Waals surface area contributed by atoms with Crippen LogP contribution in [0, 0.1) is 12.3 Å². The van der Waals surface area contributed by atoms with Crippen LogP contribution in [0.3, 0.4) is 0 Å². The van der Waals surface area contributed by atoms with Crippen LogP contribution in [-0.4, -0.2) is 34.7 Å². The van der Waals surface area contributed by atoms with Gasteiger partial charge in [-0.25, -0.2) is 4.52 Å². The Balaban J connectivity index is 2.25. The van der Waals surface area contributed by atoms with E-state index in [9.17, 15) is 0 Å². The molecule has 0 saturated heterocycles. The summed E-state index contributed by atoms with van der Waals surface area (Å²) in [6, 6.07) is 4.02. The van der Waals surface area contributed by atoms with Crippen molar-refractivity contribution in [3.8, 4) is 0 Å². The first-order chi connectivity index (χ1) is 8.41. The normalized spacial score (nSPS) is 12.1. The Morgan fingerprint density at radius 2 is 2.11 bits per heavy atom. The second-order valence-electron chi connectivity index (χ2n) is 5.65. The molecule has 0 aromatic carbocycles. The number of anilines is 1. The molecular weight excluding hydrogens is 226 g/mol. The molecule has 0 aliphatic rings. The zero-order valence-electron chi connectivity index (χ0n) is 11.5. The lowest BCUT2D eigenvalue weighted by Crippen LogP contribution is -2.37. The molecule has 18 heavy (non-hydrogen) atoms. The molecule has 98 valence electrons. The van der Waals surface area contributed by atoms with Crippen molar-refractivity contribution in [2.75, 3.05) is 25.0 Å². The average molecular weight is 247 g/mol. The SMILES string of the molecule is Cc1ccc2nc(N(C)CC(C)(C)CN)nn2c1. The lowest BCUT2D eigenvalue weighted by Gasteiger charge is -2.28. The Kier molecular flexibility index (Phi) is 3.26. The minimum absolute atomic E-state index is 0.0577. The summed E-state index contributed by atoms with van der Waals surface area (Å²) in [7, 11) is 2.00. The van der Waals surface area contributed by atoms with Crippen LogP contribution in [-0.2, 0) is 0 Å². The van der Waals surface area contributed by atoms with E-state index in [1.807, 2.05) is 36.8 Å². The molecular formula is C13H21N5. The molecule has 2 aromatic heterocycles. The highest BCUT2D eigenvalue weighted by molar-refractivity contribution is 5.45. The van der Waals surface area contributed by atoms with Crippen LogP contribution in [0.25, 0.3) is 5.65 Å². The van der Waals surface area contributed by atoms with Gasteiger partial charge in [-0.15, -0.1) is 5.10 Å². The van der Waals surface area contributed by atoms with Crippen LogP contribution in [0.1, 0.15) is 19.4 Å². The number of fused-ring (bicyclic) bond motifs is 1. The number of hydrogen-bond donors (Lipinski definition) is 1. The third kappa shape index (κ3) is 2.61. The summed E-state index contributed by atoms with van der Waals surface area (Å²) < 4.78 is 1.82. The summed E-state index contributed by atoms with van der Waals surface area (Å²) in [6.45, 7) is 7.80. The Morgan fingerprint density at radius 1 is 1.39 bits per heavy atom. The van der Waals surface area contributed by atoms with E-state index in [-0.39, 0.29) is 5.41 Å². The standard InChI is InChI=1S/C13H21N5/c1-10-5-6-11-15-12(16-18(11)7-10)17(4)9-13(2,3)8-14/h5-7H,8-9,14H2,1-4H3. The molecule has 0 atom stereocenters. The van der Waals surface area contributed by atoms with Gasteiger partial charge in [0.15, 0.2) is 5.65 Å². The van der Waals surface area contributed by atoms with Gasteiger partial charge in [0.25, 0.3) is 0 Å². The van der Waals surface area contributed by atoms with Crippen LogP contribution < -0.4 is 10.6 Å². The minimum Gasteiger partial charge on any atom is -0.342 e. The fourth-order valence-corrected chi connectivity index (χ4v) is 1.91. The fraction of sp³-hybridized carbons (Fsp3) is 0.538. The van der Waals surface area contributed by atoms with E-state index >= 15 is 0 Å². The number of hydrogen-bond acceptors (Lipinski definition) is 4. The quantitative estimate of drug-likeness (QED) is 0.888. The zero-order valence-corrected chi connectivity index (χ0v) is 11.5. The van der Waals surface area contributed by atoms with Gasteiger partial charge in [-0.1, -0.05) is 19.9 Å². The first-order valence-corrected chi connectivity index (χ1v) is 6.15. The van der Waals surface area contributed by atoms with Crippen molar-refractivity contribution >= 4 is 11.6 Å². The summed E-state index contributed by atoms with van der Waals surface area (Å²) in [6.07, 6.45) is 1.98. The monoisotopic (exact) mass is 247 g/mol. The molecule has 0 bridgehead atoms. The van der Waals surface area contributed by atoms with Crippen molar-refractivity contribution in [3.05, 3.63) is 23.9 Å². The topological polar surface area (TPSA) is 59.5 Å². The maximum atomic E-state index is 5.75. The molecule has 2 aromatic rings. The van der Waals surface area contributed by atoms with E-state index in [1.165, 1.54) is 5.56 Å². The van der Waals surface area contributed by atoms with Crippen molar-refractivity contribution < 1.29 is 0 Å². The Morgan fingerprint density at radius 3 is 2.78 bits per heavy atom. The molecule has 5 heteroatoms. The van der Waals surface area contributed by atoms with Crippen molar-refractivity contribution in [2.45, 2.75) is 20.8 Å². The molecule has 0 fully saturated rings. The maximum Gasteiger partial charge on any atom is 0.245 e. The average Bonchev–Trinajstić information content (AvgIpc) is 2.71. The number of aryl methyl sites for hydroxylation is 1. The van der Waals surface area contributed by atoms with Gasteiger partial charge in [-0.2, -0.15) is 4.98 Å². The highest BCUT2D eigenvalue weighted by atomic mass is 15.4. The summed E-state index contributed by atoms with van der Waals surface area (Å²) in [5.41, 5.74) is 7.85. The van der Waals surface area contributed by atoms with Crippen LogP contribution in [0.2, 0.25) is 0 Å². The third-order valence-corrected chi connectivity index (χ3v) is 3.03. The summed E-state index contributed by atoms with van der Waals surface area (Å²) in [5, 5.41) is 4.48. The molecule has 2 heterocycles. The van der Waals surface area contributed by atoms with Crippen molar-refractivity contribution in [1.82, 2.24) is 14.6 Å². The van der Waals surface area contributed by atoms with E-state index < -0.39 is 0 Å². The van der Waals surface area contributed by atoms with Crippen molar-refractivity contribution in [3.63, 3.8) is 0 Å². The predicted molar refractivity (Wildman–Crippen MR) is 73.8 cm³/mol. The molecule has 0 saturated carbocycles. The van der Waals surface area contributed by atoms with Gasteiger partial charge in [-0.3, -0.25) is 0 Å². The summed E-state index contributed by atoms with van der Waals surface area (Å²) in [5.74, 6) is 0.738. The Bertz CT molecular complexity index is 543. The number of pyridine rings is 1. The van der Waals surface area contributed by atoms with Crippen molar-refractivity contribution in [1.29, 1.82) is 0 Å². The molecule has 2 rings (SSSR count). The van der Waals surface area contributed by atoms with Crippen LogP contribution in [0.4, 0.5) is 5.95 Å². The van der Waals surface area contributed by atoms with Gasteiger partial charge in [-0.05, 0) is 30.5 Å². The number of nitrogens with two attached hydrogens (primary N) is 1. The van der Waals surface area contributed by atoms with Gasteiger partial charge >= 0.3 is 0 Å². The lowest BCUT2D eigenvalue weighted by molar-refractivity contribution is 0.383.